The van der Waals surface area contributed by atoms with Crippen molar-refractivity contribution in [2.45, 2.75) is 72.1 Å². The number of aryl methyl sites for hydroxylation is 5. The Morgan fingerprint density at radius 2 is 1.70 bits per heavy atom. The van der Waals surface area contributed by atoms with Crippen LogP contribution in [0.1, 0.15) is 71.6 Å². The molecule has 2 heterocycles. The normalized spacial score (nSPS) is 14.1. The molecule has 0 bridgehead atoms. The van der Waals surface area contributed by atoms with Gasteiger partial charge in [-0.25, -0.2) is 4.39 Å². The second-order valence-electron chi connectivity index (χ2n) is 11.6. The third kappa shape index (κ3) is 7.09. The Hall–Kier alpha value is -3.24. The van der Waals surface area contributed by atoms with Crippen molar-refractivity contribution in [1.82, 2.24) is 10.3 Å². The molecular formula is C36H44FN3. The number of hydrogen-bond acceptors (Lipinski definition) is 3. The van der Waals surface area contributed by atoms with Gasteiger partial charge >= 0.3 is 0 Å². The molecule has 0 atom stereocenters. The highest BCUT2D eigenvalue weighted by atomic mass is 19.1. The van der Waals surface area contributed by atoms with Crippen molar-refractivity contribution in [3.63, 3.8) is 0 Å². The first kappa shape index (κ1) is 28.3. The van der Waals surface area contributed by atoms with Crippen LogP contribution in [-0.2, 0) is 25.7 Å². The van der Waals surface area contributed by atoms with E-state index in [1.165, 1.54) is 47.1 Å². The van der Waals surface area contributed by atoms with Gasteiger partial charge in [-0.3, -0.25) is 4.98 Å². The molecule has 0 radical (unpaired) electrons. The van der Waals surface area contributed by atoms with Gasteiger partial charge < -0.3 is 10.6 Å². The first-order valence-corrected chi connectivity index (χ1v) is 15.2. The Kier molecular flexibility index (Phi) is 9.49. The minimum Gasteiger partial charge on any atom is -0.385 e. The van der Waals surface area contributed by atoms with Crippen molar-refractivity contribution in [3.8, 4) is 0 Å². The number of piperidine rings is 1. The van der Waals surface area contributed by atoms with Crippen LogP contribution in [0.15, 0.2) is 60.8 Å². The third-order valence-electron chi connectivity index (χ3n) is 8.70. The summed E-state index contributed by atoms with van der Waals surface area (Å²) in [5.74, 6) is 0.664. The summed E-state index contributed by atoms with van der Waals surface area (Å²) in [6.07, 6.45) is 10.4. The number of anilines is 1. The summed E-state index contributed by atoms with van der Waals surface area (Å²) in [6.45, 7) is 9.65. The number of nitrogens with one attached hydrogen (secondary N) is 2. The Balaban J connectivity index is 1.23. The number of nitrogens with zero attached hydrogens (tertiary/aromatic N) is 1. The van der Waals surface area contributed by atoms with Gasteiger partial charge in [0, 0.05) is 30.2 Å². The van der Waals surface area contributed by atoms with Crippen molar-refractivity contribution < 1.29 is 4.39 Å². The van der Waals surface area contributed by atoms with Crippen LogP contribution in [0.2, 0.25) is 0 Å². The molecule has 1 aliphatic heterocycles. The maximum atomic E-state index is 15.2. The summed E-state index contributed by atoms with van der Waals surface area (Å²) in [7, 11) is 0. The maximum Gasteiger partial charge on any atom is 0.128 e. The summed E-state index contributed by atoms with van der Waals surface area (Å²) < 4.78 is 15.2. The lowest BCUT2D eigenvalue weighted by atomic mass is 9.88. The van der Waals surface area contributed by atoms with Gasteiger partial charge in [-0.2, -0.15) is 0 Å². The average molecular weight is 538 g/mol. The zero-order valence-corrected chi connectivity index (χ0v) is 24.5. The highest BCUT2D eigenvalue weighted by molar-refractivity contribution is 5.84. The monoisotopic (exact) mass is 537 g/mol. The quantitative estimate of drug-likeness (QED) is 0.190. The molecule has 40 heavy (non-hydrogen) atoms. The number of fused-ring (bicyclic) bond motifs is 1. The van der Waals surface area contributed by atoms with Crippen LogP contribution in [0.25, 0.3) is 10.9 Å². The first-order chi connectivity index (χ1) is 19.5. The molecule has 3 nitrogen and oxygen atoms in total. The van der Waals surface area contributed by atoms with Crippen molar-refractivity contribution in [2.75, 3.05) is 25.0 Å². The lowest BCUT2D eigenvalue weighted by Crippen LogP contribution is -2.27. The van der Waals surface area contributed by atoms with Crippen molar-refractivity contribution in [1.29, 1.82) is 0 Å². The van der Waals surface area contributed by atoms with E-state index in [4.69, 9.17) is 4.98 Å². The molecule has 1 aliphatic rings. The van der Waals surface area contributed by atoms with Crippen LogP contribution >= 0.6 is 0 Å². The zero-order chi connectivity index (χ0) is 27.9. The van der Waals surface area contributed by atoms with Crippen LogP contribution in [0, 0.1) is 25.6 Å². The molecule has 0 spiro atoms. The summed E-state index contributed by atoms with van der Waals surface area (Å²) in [6, 6.07) is 18.9. The number of halogens is 1. The standard InChI is InChI=1S/C36H44FN3/c1-4-28-22-34-31(15-19-40-36(34)23-30(28)10-8-27-13-17-38-18-14-27)21-32-11-12-33(24-35(32)37)39-16-5-6-29-9-7-25(2)20-26(29)3/h7,9,11-12,15,19-20,22-24,27,38-39H,4-6,8,10,13-14,16-18,21H2,1-3H3. The number of rotatable bonds is 11. The number of hydrogen-bond donors (Lipinski definition) is 2. The minimum atomic E-state index is -0.154. The number of aromatic nitrogens is 1. The fourth-order valence-corrected chi connectivity index (χ4v) is 6.23. The second-order valence-corrected chi connectivity index (χ2v) is 11.6. The predicted octanol–water partition coefficient (Wildman–Crippen LogP) is 8.12. The summed E-state index contributed by atoms with van der Waals surface area (Å²) >= 11 is 0. The van der Waals surface area contributed by atoms with Crippen molar-refractivity contribution in [3.05, 3.63) is 106 Å². The maximum absolute atomic E-state index is 15.2. The van der Waals surface area contributed by atoms with E-state index >= 15 is 4.39 Å². The number of benzene rings is 3. The highest BCUT2D eigenvalue weighted by Crippen LogP contribution is 2.28. The molecule has 0 aliphatic carbocycles. The van der Waals surface area contributed by atoms with Crippen LogP contribution in [0.4, 0.5) is 10.1 Å². The summed E-state index contributed by atoms with van der Waals surface area (Å²) in [5.41, 5.74) is 10.6. The molecule has 0 saturated carbocycles. The smallest absolute Gasteiger partial charge is 0.128 e. The lowest BCUT2D eigenvalue weighted by molar-refractivity contribution is 0.354. The molecule has 4 aromatic rings. The van der Waals surface area contributed by atoms with E-state index in [1.54, 1.807) is 6.07 Å². The largest absolute Gasteiger partial charge is 0.385 e. The van der Waals surface area contributed by atoms with E-state index in [0.29, 0.717) is 6.42 Å². The fraction of sp³-hybridized carbons (Fsp3) is 0.417. The van der Waals surface area contributed by atoms with Gasteiger partial charge in [-0.1, -0.05) is 36.8 Å². The second kappa shape index (κ2) is 13.4. The van der Waals surface area contributed by atoms with E-state index < -0.39 is 0 Å². The van der Waals surface area contributed by atoms with Gasteiger partial charge in [0.15, 0.2) is 0 Å². The average Bonchev–Trinajstić information content (AvgIpc) is 2.96. The van der Waals surface area contributed by atoms with Gasteiger partial charge in [-0.15, -0.1) is 0 Å². The Labute approximate surface area is 239 Å². The Morgan fingerprint density at radius 3 is 2.48 bits per heavy atom. The number of pyridine rings is 1. The topological polar surface area (TPSA) is 37.0 Å². The molecule has 2 N–H and O–H groups in total. The molecule has 3 aromatic carbocycles. The molecule has 0 amide bonds. The van der Waals surface area contributed by atoms with Crippen LogP contribution in [-0.4, -0.2) is 24.6 Å². The first-order valence-electron chi connectivity index (χ1n) is 15.2. The molecule has 5 rings (SSSR count). The van der Waals surface area contributed by atoms with Crippen molar-refractivity contribution >= 4 is 16.6 Å². The van der Waals surface area contributed by atoms with Crippen LogP contribution in [0.5, 0.6) is 0 Å². The van der Waals surface area contributed by atoms with Gasteiger partial charge in [0.2, 0.25) is 0 Å². The van der Waals surface area contributed by atoms with Gasteiger partial charge in [0.25, 0.3) is 0 Å². The molecule has 210 valence electrons. The third-order valence-corrected chi connectivity index (χ3v) is 8.70. The van der Waals surface area contributed by atoms with Gasteiger partial charge in [0.05, 0.1) is 5.52 Å². The molecule has 1 saturated heterocycles. The fourth-order valence-electron chi connectivity index (χ4n) is 6.23. The molecule has 0 unspecified atom stereocenters. The minimum absolute atomic E-state index is 0.154. The zero-order valence-electron chi connectivity index (χ0n) is 24.5. The van der Waals surface area contributed by atoms with E-state index in [2.05, 4.69) is 67.8 Å². The van der Waals surface area contributed by atoms with E-state index in [9.17, 15) is 0 Å². The Bertz CT molecular complexity index is 1440. The van der Waals surface area contributed by atoms with E-state index in [1.807, 2.05) is 18.3 Å². The Morgan fingerprint density at radius 1 is 0.875 bits per heavy atom. The summed E-state index contributed by atoms with van der Waals surface area (Å²) in [5, 5.41) is 8.03. The molecular weight excluding hydrogens is 493 g/mol. The van der Waals surface area contributed by atoms with Crippen LogP contribution in [0.3, 0.4) is 0 Å². The highest BCUT2D eigenvalue weighted by Gasteiger charge is 2.15. The molecule has 4 heteroatoms. The van der Waals surface area contributed by atoms with Crippen LogP contribution < -0.4 is 10.6 Å². The summed E-state index contributed by atoms with van der Waals surface area (Å²) in [4.78, 5) is 4.71. The molecule has 1 aromatic heterocycles. The molecule has 1 fully saturated rings. The van der Waals surface area contributed by atoms with Gasteiger partial charge in [-0.05, 0) is 142 Å². The lowest BCUT2D eigenvalue weighted by Gasteiger charge is -2.23. The van der Waals surface area contributed by atoms with Crippen molar-refractivity contribution in [2.24, 2.45) is 5.92 Å². The predicted molar refractivity (Wildman–Crippen MR) is 167 cm³/mol. The van der Waals surface area contributed by atoms with E-state index in [-0.39, 0.29) is 5.82 Å². The SMILES string of the molecule is CCc1cc2c(Cc3ccc(NCCCc4ccc(C)cc4C)cc3F)ccnc2cc1CCC1CCNCC1. The van der Waals surface area contributed by atoms with E-state index in [0.717, 1.165) is 79.0 Å². The van der Waals surface area contributed by atoms with Gasteiger partial charge in [0.1, 0.15) is 5.82 Å².